The number of rotatable bonds is 7. The zero-order chi connectivity index (χ0) is 19.9. The van der Waals surface area contributed by atoms with Gasteiger partial charge in [-0.2, -0.15) is 5.26 Å². The molecule has 1 aromatic heterocycles. The van der Waals surface area contributed by atoms with Crippen LogP contribution in [0.5, 0.6) is 11.5 Å². The van der Waals surface area contributed by atoms with Crippen molar-refractivity contribution in [3.63, 3.8) is 0 Å². The van der Waals surface area contributed by atoms with Crippen molar-refractivity contribution in [3.05, 3.63) is 53.4 Å². The summed E-state index contributed by atoms with van der Waals surface area (Å²) in [6, 6.07) is 15.4. The summed E-state index contributed by atoms with van der Waals surface area (Å²) >= 11 is 1.56. The predicted molar refractivity (Wildman–Crippen MR) is 108 cm³/mol. The maximum Gasteiger partial charge on any atom is 0.234 e. The normalized spacial score (nSPS) is 10.2. The lowest BCUT2D eigenvalue weighted by Gasteiger charge is -2.08. The van der Waals surface area contributed by atoms with E-state index in [1.165, 1.54) is 0 Å². The van der Waals surface area contributed by atoms with Gasteiger partial charge in [-0.25, -0.2) is 4.98 Å². The van der Waals surface area contributed by atoms with Gasteiger partial charge in [0, 0.05) is 23.1 Å². The average Bonchev–Trinajstić information content (AvgIpc) is 3.22. The maximum atomic E-state index is 11.4. The number of methoxy groups -OCH3 is 2. The second kappa shape index (κ2) is 9.02. The van der Waals surface area contributed by atoms with Crippen LogP contribution in [0.1, 0.15) is 12.0 Å². The Bertz CT molecular complexity index is 1010. The Morgan fingerprint density at radius 2 is 1.82 bits per heavy atom. The molecular formula is C21H19N3O3S. The van der Waals surface area contributed by atoms with Gasteiger partial charge in [0.25, 0.3) is 0 Å². The Hall–Kier alpha value is -3.37. The number of carbonyl (C=O) groups excluding carboxylic acids is 1. The van der Waals surface area contributed by atoms with Gasteiger partial charge in [0.15, 0.2) is 11.5 Å². The highest BCUT2D eigenvalue weighted by Crippen LogP contribution is 2.34. The summed E-state index contributed by atoms with van der Waals surface area (Å²) in [4.78, 5) is 16.1. The third-order valence-corrected chi connectivity index (χ3v) is 5.01. The Labute approximate surface area is 167 Å². The summed E-state index contributed by atoms with van der Waals surface area (Å²) < 4.78 is 10.6. The van der Waals surface area contributed by atoms with Crippen LogP contribution in [0.4, 0.5) is 0 Å². The molecule has 3 aromatic rings. The van der Waals surface area contributed by atoms with E-state index in [0.29, 0.717) is 18.0 Å². The van der Waals surface area contributed by atoms with Crippen molar-refractivity contribution in [1.29, 1.82) is 5.26 Å². The largest absolute Gasteiger partial charge is 0.493 e. The van der Waals surface area contributed by atoms with Crippen molar-refractivity contribution in [2.75, 3.05) is 14.2 Å². The van der Waals surface area contributed by atoms with Gasteiger partial charge in [0.1, 0.15) is 11.4 Å². The molecule has 0 saturated heterocycles. The van der Waals surface area contributed by atoms with Crippen LogP contribution in [0.3, 0.4) is 0 Å². The molecule has 7 heteroatoms. The quantitative estimate of drug-likeness (QED) is 0.655. The number of hydrogen-bond donors (Lipinski definition) is 1. The van der Waals surface area contributed by atoms with Gasteiger partial charge in [0.05, 0.1) is 26.0 Å². The zero-order valence-corrected chi connectivity index (χ0v) is 16.4. The molecule has 0 fully saturated rings. The van der Waals surface area contributed by atoms with E-state index in [0.717, 1.165) is 27.4 Å². The fraction of sp³-hybridized carbons (Fsp3) is 0.190. The number of thiazole rings is 1. The molecule has 0 aliphatic heterocycles. The Morgan fingerprint density at radius 3 is 2.50 bits per heavy atom. The number of nitrogens with zero attached hydrogens (tertiary/aromatic N) is 2. The molecule has 0 spiro atoms. The molecule has 0 unspecified atom stereocenters. The molecule has 0 radical (unpaired) electrons. The fourth-order valence-electron chi connectivity index (χ4n) is 2.63. The number of hydrogen-bond acceptors (Lipinski definition) is 6. The summed E-state index contributed by atoms with van der Waals surface area (Å²) in [5, 5.41) is 14.1. The summed E-state index contributed by atoms with van der Waals surface area (Å²) in [6.07, 6.45) is -0.129. The number of amides is 1. The molecule has 6 nitrogen and oxygen atoms in total. The van der Waals surface area contributed by atoms with Gasteiger partial charge in [-0.05, 0) is 23.8 Å². The first kappa shape index (κ1) is 19.4. The highest BCUT2D eigenvalue weighted by atomic mass is 32.1. The van der Waals surface area contributed by atoms with Crippen LogP contribution in [-0.4, -0.2) is 25.1 Å². The monoisotopic (exact) mass is 393 g/mol. The average molecular weight is 393 g/mol. The Morgan fingerprint density at radius 1 is 1.11 bits per heavy atom. The number of aromatic nitrogens is 1. The topological polar surface area (TPSA) is 84.2 Å². The SMILES string of the molecule is COc1ccc(-c2csc(-c3ccc(CNC(=O)CC#N)cc3)n2)cc1OC. The van der Waals surface area contributed by atoms with E-state index in [9.17, 15) is 4.79 Å². The van der Waals surface area contributed by atoms with Crippen LogP contribution in [0.2, 0.25) is 0 Å². The third-order valence-electron chi connectivity index (χ3n) is 4.11. The van der Waals surface area contributed by atoms with Crippen LogP contribution in [0, 0.1) is 11.3 Å². The minimum absolute atomic E-state index is 0.129. The Kier molecular flexibility index (Phi) is 6.25. The van der Waals surface area contributed by atoms with Gasteiger partial charge in [-0.1, -0.05) is 24.3 Å². The lowest BCUT2D eigenvalue weighted by Crippen LogP contribution is -2.21. The minimum Gasteiger partial charge on any atom is -0.493 e. The van der Waals surface area contributed by atoms with Crippen molar-refractivity contribution in [2.24, 2.45) is 0 Å². The molecular weight excluding hydrogens is 374 g/mol. The molecule has 1 N–H and O–H groups in total. The summed E-state index contributed by atoms with van der Waals surface area (Å²) in [7, 11) is 3.22. The first-order chi connectivity index (χ1) is 13.6. The van der Waals surface area contributed by atoms with E-state index in [1.807, 2.05) is 53.9 Å². The molecule has 28 heavy (non-hydrogen) atoms. The van der Waals surface area contributed by atoms with E-state index < -0.39 is 0 Å². The van der Waals surface area contributed by atoms with Crippen molar-refractivity contribution in [1.82, 2.24) is 10.3 Å². The molecule has 2 aromatic carbocycles. The van der Waals surface area contributed by atoms with Crippen LogP contribution >= 0.6 is 11.3 Å². The summed E-state index contributed by atoms with van der Waals surface area (Å²) in [6.45, 7) is 0.398. The first-order valence-corrected chi connectivity index (χ1v) is 9.43. The second-order valence-electron chi connectivity index (χ2n) is 5.92. The number of nitriles is 1. The minimum atomic E-state index is -0.272. The van der Waals surface area contributed by atoms with Gasteiger partial charge in [-0.15, -0.1) is 11.3 Å². The van der Waals surface area contributed by atoms with Crippen molar-refractivity contribution >= 4 is 17.2 Å². The van der Waals surface area contributed by atoms with Crippen LogP contribution in [0.15, 0.2) is 47.8 Å². The fourth-order valence-corrected chi connectivity index (χ4v) is 3.47. The van der Waals surface area contributed by atoms with Crippen LogP contribution < -0.4 is 14.8 Å². The van der Waals surface area contributed by atoms with Crippen molar-refractivity contribution < 1.29 is 14.3 Å². The van der Waals surface area contributed by atoms with E-state index >= 15 is 0 Å². The molecule has 3 rings (SSSR count). The van der Waals surface area contributed by atoms with Crippen molar-refractivity contribution in [3.8, 4) is 39.4 Å². The van der Waals surface area contributed by atoms with E-state index in [1.54, 1.807) is 25.6 Å². The molecule has 1 heterocycles. The van der Waals surface area contributed by atoms with Gasteiger partial charge < -0.3 is 14.8 Å². The number of carbonyl (C=O) groups is 1. The highest BCUT2D eigenvalue weighted by molar-refractivity contribution is 7.13. The molecule has 142 valence electrons. The summed E-state index contributed by atoms with van der Waals surface area (Å²) in [5.74, 6) is 1.07. The zero-order valence-electron chi connectivity index (χ0n) is 15.6. The Balaban J connectivity index is 1.73. The molecule has 0 bridgehead atoms. The lowest BCUT2D eigenvalue weighted by atomic mass is 10.1. The lowest BCUT2D eigenvalue weighted by molar-refractivity contribution is -0.120. The van der Waals surface area contributed by atoms with E-state index in [-0.39, 0.29) is 12.3 Å². The van der Waals surface area contributed by atoms with E-state index in [2.05, 4.69) is 5.32 Å². The second-order valence-corrected chi connectivity index (χ2v) is 6.77. The van der Waals surface area contributed by atoms with Crippen LogP contribution in [-0.2, 0) is 11.3 Å². The smallest absolute Gasteiger partial charge is 0.234 e. The first-order valence-electron chi connectivity index (χ1n) is 8.55. The van der Waals surface area contributed by atoms with Crippen molar-refractivity contribution in [2.45, 2.75) is 13.0 Å². The maximum absolute atomic E-state index is 11.4. The standard InChI is InChI=1S/C21H19N3O3S/c1-26-18-8-7-16(11-19(18)27-2)17-13-28-21(24-17)15-5-3-14(4-6-15)12-23-20(25)9-10-22/h3-8,11,13H,9,12H2,1-2H3,(H,23,25). The van der Waals surface area contributed by atoms with Gasteiger partial charge >= 0.3 is 0 Å². The molecule has 0 aliphatic rings. The van der Waals surface area contributed by atoms with E-state index in [4.69, 9.17) is 19.7 Å². The van der Waals surface area contributed by atoms with Gasteiger partial charge in [-0.3, -0.25) is 4.79 Å². The van der Waals surface area contributed by atoms with Crippen LogP contribution in [0.25, 0.3) is 21.8 Å². The third kappa shape index (κ3) is 4.48. The highest BCUT2D eigenvalue weighted by Gasteiger charge is 2.10. The predicted octanol–water partition coefficient (Wildman–Crippen LogP) is 4.02. The number of ether oxygens (including phenoxy) is 2. The number of benzene rings is 2. The van der Waals surface area contributed by atoms with Gasteiger partial charge in [0.2, 0.25) is 5.91 Å². The molecule has 0 saturated carbocycles. The molecule has 0 atom stereocenters. The molecule has 0 aliphatic carbocycles. The summed E-state index contributed by atoms with van der Waals surface area (Å²) in [5.41, 5.74) is 3.79. The number of nitrogens with one attached hydrogen (secondary N) is 1. The molecule has 1 amide bonds.